The highest BCUT2D eigenvalue weighted by Crippen LogP contribution is 2.04. The Bertz CT molecular complexity index is 377. The first kappa shape index (κ1) is 21.4. The topological polar surface area (TPSA) is 0 Å². The van der Waals surface area contributed by atoms with Crippen molar-refractivity contribution in [1.29, 1.82) is 0 Å². The first-order valence-electron chi connectivity index (χ1n) is 9.27. The lowest BCUT2D eigenvalue weighted by molar-refractivity contribution is 0.696. The number of hydrogen-bond donors (Lipinski definition) is 0. The second kappa shape index (κ2) is 20.4. The van der Waals surface area contributed by atoms with E-state index in [0.29, 0.717) is 0 Å². The van der Waals surface area contributed by atoms with E-state index in [1.54, 1.807) is 0 Å². The van der Waals surface area contributed by atoms with Crippen LogP contribution in [0.2, 0.25) is 0 Å². The molecule has 0 bridgehead atoms. The number of rotatable bonds is 15. The summed E-state index contributed by atoms with van der Waals surface area (Å²) in [6.07, 6.45) is 36.1. The Balaban J connectivity index is 3.40. The third-order valence-electron chi connectivity index (χ3n) is 3.44. The molecular weight excluding hydrogens is 276 g/mol. The molecule has 0 atom stereocenters. The van der Waals surface area contributed by atoms with Crippen molar-refractivity contribution in [1.82, 2.24) is 0 Å². The SMILES string of the molecule is C=CCCCCC/C=C\C/C=C\C/C=C\C/C=C\C/C=C\CC. The van der Waals surface area contributed by atoms with Gasteiger partial charge in [-0.05, 0) is 57.8 Å². The Morgan fingerprint density at radius 2 is 0.957 bits per heavy atom. The predicted molar refractivity (Wildman–Crippen MR) is 108 cm³/mol. The molecule has 0 saturated heterocycles. The summed E-state index contributed by atoms with van der Waals surface area (Å²) in [6.45, 7) is 5.91. The zero-order valence-corrected chi connectivity index (χ0v) is 15.1. The van der Waals surface area contributed by atoms with E-state index >= 15 is 0 Å². The summed E-state index contributed by atoms with van der Waals surface area (Å²) in [5.74, 6) is 0. The van der Waals surface area contributed by atoms with Crippen molar-refractivity contribution in [2.75, 3.05) is 0 Å². The lowest BCUT2D eigenvalue weighted by Gasteiger charge is -1.94. The highest BCUT2D eigenvalue weighted by molar-refractivity contribution is 5.00. The number of hydrogen-bond acceptors (Lipinski definition) is 0. The monoisotopic (exact) mass is 312 g/mol. The van der Waals surface area contributed by atoms with Gasteiger partial charge in [-0.25, -0.2) is 0 Å². The van der Waals surface area contributed by atoms with Crippen LogP contribution in [0.4, 0.5) is 0 Å². The van der Waals surface area contributed by atoms with E-state index in [9.17, 15) is 0 Å². The van der Waals surface area contributed by atoms with Gasteiger partial charge in [0.15, 0.2) is 0 Å². The molecule has 0 rings (SSSR count). The normalized spacial score (nSPS) is 12.7. The van der Waals surface area contributed by atoms with Gasteiger partial charge >= 0.3 is 0 Å². The van der Waals surface area contributed by atoms with Crippen molar-refractivity contribution in [3.8, 4) is 0 Å². The Labute approximate surface area is 145 Å². The molecule has 0 amide bonds. The molecule has 23 heavy (non-hydrogen) atoms. The van der Waals surface area contributed by atoms with Gasteiger partial charge in [-0.1, -0.05) is 80.2 Å². The molecule has 0 spiro atoms. The maximum Gasteiger partial charge on any atom is -0.0169 e. The van der Waals surface area contributed by atoms with Crippen LogP contribution in [0.5, 0.6) is 0 Å². The zero-order chi connectivity index (χ0) is 16.8. The highest BCUT2D eigenvalue weighted by Gasteiger charge is 1.84. The third kappa shape index (κ3) is 20.4. The maximum absolute atomic E-state index is 3.75. The van der Waals surface area contributed by atoms with E-state index < -0.39 is 0 Å². The van der Waals surface area contributed by atoms with Gasteiger partial charge in [0.2, 0.25) is 0 Å². The van der Waals surface area contributed by atoms with Gasteiger partial charge in [-0.15, -0.1) is 6.58 Å². The summed E-state index contributed by atoms with van der Waals surface area (Å²) in [6, 6.07) is 0. The maximum atomic E-state index is 3.75. The second-order valence-corrected chi connectivity index (χ2v) is 5.63. The van der Waals surface area contributed by atoms with Gasteiger partial charge in [-0.2, -0.15) is 0 Å². The van der Waals surface area contributed by atoms with E-state index in [-0.39, 0.29) is 0 Å². The first-order chi connectivity index (χ1) is 11.4. The summed E-state index contributed by atoms with van der Waals surface area (Å²) in [5.41, 5.74) is 0. The molecule has 0 aliphatic rings. The smallest absolute Gasteiger partial charge is 0.0169 e. The standard InChI is InChI=1S/C23H36/c1-3-5-7-9-11-13-15-17-19-21-23-22-20-18-16-14-12-10-8-6-4-2/h3,6,8,12,14-15,17-18,20-21,23H,1,4-5,7,9-11,13,16,19,22H2,2H3/b8-6-,14-12-,17-15-,20-18-,23-21-. The van der Waals surface area contributed by atoms with Crippen LogP contribution >= 0.6 is 0 Å². The zero-order valence-electron chi connectivity index (χ0n) is 15.1. The fraction of sp³-hybridized carbons (Fsp3) is 0.478. The average Bonchev–Trinajstić information content (AvgIpc) is 2.57. The van der Waals surface area contributed by atoms with Crippen molar-refractivity contribution in [2.24, 2.45) is 0 Å². The predicted octanol–water partition coefficient (Wildman–Crippen LogP) is 7.87. The largest absolute Gasteiger partial charge is 0.103 e. The molecule has 0 nitrogen and oxygen atoms in total. The minimum Gasteiger partial charge on any atom is -0.103 e. The fourth-order valence-electron chi connectivity index (χ4n) is 2.10. The van der Waals surface area contributed by atoms with Crippen LogP contribution in [0.3, 0.4) is 0 Å². The molecule has 0 unspecified atom stereocenters. The minimum atomic E-state index is 1.04. The summed E-state index contributed by atoms with van der Waals surface area (Å²) < 4.78 is 0. The van der Waals surface area contributed by atoms with Crippen LogP contribution in [-0.4, -0.2) is 0 Å². The Morgan fingerprint density at radius 3 is 1.43 bits per heavy atom. The van der Waals surface area contributed by atoms with E-state index in [0.717, 1.165) is 38.5 Å². The van der Waals surface area contributed by atoms with Crippen LogP contribution in [0, 0.1) is 0 Å². The van der Waals surface area contributed by atoms with Crippen molar-refractivity contribution in [2.45, 2.75) is 71.1 Å². The number of allylic oxidation sites excluding steroid dienone is 11. The lowest BCUT2D eigenvalue weighted by Crippen LogP contribution is -1.74. The summed E-state index contributed by atoms with van der Waals surface area (Å²) in [4.78, 5) is 0. The lowest BCUT2D eigenvalue weighted by atomic mass is 10.1. The third-order valence-corrected chi connectivity index (χ3v) is 3.44. The quantitative estimate of drug-likeness (QED) is 0.213. The molecule has 0 heteroatoms. The number of unbranched alkanes of at least 4 members (excludes halogenated alkanes) is 4. The Kier molecular flexibility index (Phi) is 19.1. The molecule has 0 aromatic carbocycles. The van der Waals surface area contributed by atoms with Gasteiger partial charge in [0.1, 0.15) is 0 Å². The molecule has 0 aromatic heterocycles. The molecule has 0 heterocycles. The summed E-state index contributed by atoms with van der Waals surface area (Å²) >= 11 is 0. The van der Waals surface area contributed by atoms with E-state index in [1.165, 1.54) is 25.7 Å². The molecule has 0 aliphatic carbocycles. The van der Waals surface area contributed by atoms with Crippen molar-refractivity contribution in [3.63, 3.8) is 0 Å². The molecule has 0 N–H and O–H groups in total. The molecule has 0 radical (unpaired) electrons. The van der Waals surface area contributed by atoms with Crippen LogP contribution in [0.15, 0.2) is 73.4 Å². The van der Waals surface area contributed by atoms with Gasteiger partial charge in [0, 0.05) is 0 Å². The van der Waals surface area contributed by atoms with E-state index in [1.807, 2.05) is 6.08 Å². The van der Waals surface area contributed by atoms with E-state index in [4.69, 9.17) is 0 Å². The second-order valence-electron chi connectivity index (χ2n) is 5.63. The molecule has 128 valence electrons. The summed E-state index contributed by atoms with van der Waals surface area (Å²) in [7, 11) is 0. The van der Waals surface area contributed by atoms with Crippen LogP contribution in [-0.2, 0) is 0 Å². The average molecular weight is 313 g/mol. The minimum absolute atomic E-state index is 1.04. The molecular formula is C23H36. The van der Waals surface area contributed by atoms with Crippen LogP contribution in [0.1, 0.15) is 71.1 Å². The van der Waals surface area contributed by atoms with Gasteiger partial charge in [-0.3, -0.25) is 0 Å². The van der Waals surface area contributed by atoms with Gasteiger partial charge in [0.05, 0.1) is 0 Å². The molecule has 0 aliphatic heterocycles. The van der Waals surface area contributed by atoms with Gasteiger partial charge in [0.25, 0.3) is 0 Å². The Hall–Kier alpha value is -1.56. The molecule has 0 saturated carbocycles. The van der Waals surface area contributed by atoms with Crippen molar-refractivity contribution >= 4 is 0 Å². The van der Waals surface area contributed by atoms with Crippen LogP contribution in [0.25, 0.3) is 0 Å². The fourth-order valence-corrected chi connectivity index (χ4v) is 2.10. The van der Waals surface area contributed by atoms with Crippen LogP contribution < -0.4 is 0 Å². The van der Waals surface area contributed by atoms with Crippen molar-refractivity contribution in [3.05, 3.63) is 73.4 Å². The van der Waals surface area contributed by atoms with Crippen molar-refractivity contribution < 1.29 is 0 Å². The van der Waals surface area contributed by atoms with Gasteiger partial charge < -0.3 is 0 Å². The molecule has 0 fully saturated rings. The Morgan fingerprint density at radius 1 is 0.522 bits per heavy atom. The summed E-state index contributed by atoms with van der Waals surface area (Å²) in [5, 5.41) is 0. The molecule has 0 aromatic rings. The first-order valence-corrected chi connectivity index (χ1v) is 9.27. The highest BCUT2D eigenvalue weighted by atomic mass is 13.9. The van der Waals surface area contributed by atoms with E-state index in [2.05, 4.69) is 74.3 Å².